The molecule has 1 saturated heterocycles. The molecule has 4 aromatic carbocycles. The minimum atomic E-state index is -0.776. The number of carbonyl (C=O) groups excluding carboxylic acids is 2. The van der Waals surface area contributed by atoms with Gasteiger partial charge in [0.1, 0.15) is 11.3 Å². The molecule has 6 rings (SSSR count). The topological polar surface area (TPSA) is 49.9 Å². The molecule has 1 fully saturated rings. The summed E-state index contributed by atoms with van der Waals surface area (Å²) in [5, 5.41) is 0. The highest BCUT2D eigenvalue weighted by atomic mass is 16.5. The van der Waals surface area contributed by atoms with Crippen LogP contribution in [0.3, 0.4) is 0 Å². The number of β-lactam (4-membered cyclic amide) rings is 1. The maximum atomic E-state index is 13.9. The first-order valence-corrected chi connectivity index (χ1v) is 12.6. The molecule has 2 aliphatic heterocycles. The van der Waals surface area contributed by atoms with Crippen molar-refractivity contribution in [3.8, 4) is 5.75 Å². The van der Waals surface area contributed by atoms with Gasteiger partial charge in [0, 0.05) is 18.0 Å². The van der Waals surface area contributed by atoms with Gasteiger partial charge in [-0.15, -0.1) is 0 Å². The van der Waals surface area contributed by atoms with E-state index in [0.29, 0.717) is 17.7 Å². The van der Waals surface area contributed by atoms with Crippen molar-refractivity contribution in [2.24, 2.45) is 0 Å². The predicted octanol–water partition coefficient (Wildman–Crippen LogP) is 6.12. The number of para-hydroxylation sites is 3. The Morgan fingerprint density at radius 2 is 1.41 bits per heavy atom. The van der Waals surface area contributed by atoms with Gasteiger partial charge in [-0.25, -0.2) is 0 Å². The zero-order chi connectivity index (χ0) is 25.6. The largest absolute Gasteiger partial charge is 0.478 e. The summed E-state index contributed by atoms with van der Waals surface area (Å²) in [7, 11) is 0. The molecule has 5 nitrogen and oxygen atoms in total. The van der Waals surface area contributed by atoms with Crippen LogP contribution in [0.4, 0.5) is 11.4 Å². The smallest absolute Gasteiger partial charge is 0.271 e. The standard InChI is InChI=1S/C32H28N2O3/c1-22-17-19-25(20-18-22)32-21-23(2)33(30(35)24-11-5-3-6-12-24)27-15-9-10-16-28(27)34(32)31(36)29(32)37-26-13-7-4-8-14-26/h3-20,23,29H,21H2,1-2H3/t23-,29-,32-/m0/s1. The number of carbonyl (C=O) groups is 2. The van der Waals surface area contributed by atoms with Crippen LogP contribution in [-0.4, -0.2) is 24.0 Å². The molecule has 184 valence electrons. The summed E-state index contributed by atoms with van der Waals surface area (Å²) in [5.74, 6) is 0.447. The van der Waals surface area contributed by atoms with Crippen LogP contribution < -0.4 is 14.5 Å². The first-order chi connectivity index (χ1) is 18.0. The molecule has 3 atom stereocenters. The summed E-state index contributed by atoms with van der Waals surface area (Å²) in [4.78, 5) is 31.5. The molecule has 0 saturated carbocycles. The number of amides is 2. The van der Waals surface area contributed by atoms with Crippen molar-refractivity contribution in [1.29, 1.82) is 0 Å². The molecule has 2 heterocycles. The van der Waals surface area contributed by atoms with Crippen molar-refractivity contribution < 1.29 is 14.3 Å². The van der Waals surface area contributed by atoms with E-state index in [-0.39, 0.29) is 17.9 Å². The van der Waals surface area contributed by atoms with E-state index >= 15 is 0 Å². The number of benzene rings is 4. The second-order valence-electron chi connectivity index (χ2n) is 9.86. The molecule has 0 radical (unpaired) electrons. The van der Waals surface area contributed by atoms with Gasteiger partial charge in [0.25, 0.3) is 11.8 Å². The lowest BCUT2D eigenvalue weighted by Gasteiger charge is -2.56. The van der Waals surface area contributed by atoms with Gasteiger partial charge in [-0.2, -0.15) is 0 Å². The zero-order valence-electron chi connectivity index (χ0n) is 20.9. The van der Waals surface area contributed by atoms with Crippen molar-refractivity contribution in [2.75, 3.05) is 9.80 Å². The third kappa shape index (κ3) is 3.61. The van der Waals surface area contributed by atoms with Gasteiger partial charge in [-0.3, -0.25) is 14.5 Å². The molecule has 5 heteroatoms. The summed E-state index contributed by atoms with van der Waals surface area (Å²) >= 11 is 0. The van der Waals surface area contributed by atoms with E-state index in [9.17, 15) is 9.59 Å². The maximum absolute atomic E-state index is 13.9. The molecule has 0 aliphatic carbocycles. The third-order valence-electron chi connectivity index (χ3n) is 7.50. The summed E-state index contributed by atoms with van der Waals surface area (Å²) in [6.45, 7) is 4.10. The van der Waals surface area contributed by atoms with Crippen molar-refractivity contribution in [2.45, 2.75) is 38.0 Å². The number of ether oxygens (including phenoxy) is 1. The summed E-state index contributed by atoms with van der Waals surface area (Å²) in [6, 6.07) is 34.6. The molecule has 0 bridgehead atoms. The number of fused-ring (bicyclic) bond motifs is 3. The predicted molar refractivity (Wildman–Crippen MR) is 145 cm³/mol. The van der Waals surface area contributed by atoms with E-state index in [0.717, 1.165) is 22.5 Å². The number of aryl methyl sites for hydroxylation is 1. The van der Waals surface area contributed by atoms with Gasteiger partial charge in [0.15, 0.2) is 0 Å². The fraction of sp³-hybridized carbons (Fsp3) is 0.188. The van der Waals surface area contributed by atoms with Gasteiger partial charge < -0.3 is 9.64 Å². The Labute approximate surface area is 216 Å². The number of hydrogen-bond acceptors (Lipinski definition) is 3. The quantitative estimate of drug-likeness (QED) is 0.325. The summed E-state index contributed by atoms with van der Waals surface area (Å²) in [5.41, 5.74) is 3.41. The van der Waals surface area contributed by atoms with Gasteiger partial charge in [-0.1, -0.05) is 78.4 Å². The van der Waals surface area contributed by atoms with Crippen LogP contribution in [0.25, 0.3) is 0 Å². The molecule has 0 spiro atoms. The Hall–Kier alpha value is -4.38. The second-order valence-corrected chi connectivity index (χ2v) is 9.86. The molecule has 0 N–H and O–H groups in total. The van der Waals surface area contributed by atoms with Gasteiger partial charge in [0.2, 0.25) is 6.10 Å². The van der Waals surface area contributed by atoms with Crippen LogP contribution >= 0.6 is 0 Å². The monoisotopic (exact) mass is 488 g/mol. The minimum Gasteiger partial charge on any atom is -0.478 e. The van der Waals surface area contributed by atoms with Crippen LogP contribution in [0.15, 0.2) is 109 Å². The van der Waals surface area contributed by atoms with E-state index in [2.05, 4.69) is 31.2 Å². The van der Waals surface area contributed by atoms with E-state index in [1.54, 1.807) is 0 Å². The molecular formula is C32H28N2O3. The van der Waals surface area contributed by atoms with Crippen LogP contribution in [0.2, 0.25) is 0 Å². The maximum Gasteiger partial charge on any atom is 0.271 e. The summed E-state index contributed by atoms with van der Waals surface area (Å²) in [6.07, 6.45) is -0.202. The molecule has 2 amide bonds. The Morgan fingerprint density at radius 1 is 0.811 bits per heavy atom. The highest BCUT2D eigenvalue weighted by molar-refractivity contribution is 6.14. The number of nitrogens with zero attached hydrogens (tertiary/aromatic N) is 2. The van der Waals surface area contributed by atoms with Gasteiger partial charge >= 0.3 is 0 Å². The van der Waals surface area contributed by atoms with Crippen molar-refractivity contribution in [3.63, 3.8) is 0 Å². The molecule has 37 heavy (non-hydrogen) atoms. The van der Waals surface area contributed by atoms with E-state index in [4.69, 9.17) is 4.74 Å². The fourth-order valence-corrected chi connectivity index (χ4v) is 5.79. The highest BCUT2D eigenvalue weighted by Crippen LogP contribution is 2.54. The van der Waals surface area contributed by atoms with Crippen LogP contribution in [-0.2, 0) is 10.3 Å². The van der Waals surface area contributed by atoms with Crippen LogP contribution in [0.1, 0.15) is 34.8 Å². The first-order valence-electron chi connectivity index (χ1n) is 12.6. The average Bonchev–Trinajstić information content (AvgIpc) is 3.03. The number of rotatable bonds is 4. The Balaban J connectivity index is 1.53. The lowest BCUT2D eigenvalue weighted by Crippen LogP contribution is -2.75. The molecule has 4 aromatic rings. The number of hydrogen-bond donors (Lipinski definition) is 0. The Morgan fingerprint density at radius 3 is 2.08 bits per heavy atom. The van der Waals surface area contributed by atoms with E-state index < -0.39 is 11.6 Å². The lowest BCUT2D eigenvalue weighted by atomic mass is 9.70. The highest BCUT2D eigenvalue weighted by Gasteiger charge is 2.66. The molecule has 0 aromatic heterocycles. The van der Waals surface area contributed by atoms with Crippen LogP contribution in [0, 0.1) is 6.92 Å². The molecule has 2 aliphatic rings. The van der Waals surface area contributed by atoms with E-state index in [1.807, 2.05) is 102 Å². The first kappa shape index (κ1) is 23.0. The third-order valence-corrected chi connectivity index (χ3v) is 7.50. The van der Waals surface area contributed by atoms with E-state index in [1.165, 1.54) is 0 Å². The second kappa shape index (κ2) is 8.93. The van der Waals surface area contributed by atoms with Crippen molar-refractivity contribution in [1.82, 2.24) is 0 Å². The SMILES string of the molecule is Cc1ccc([C@]23C[C@H](C)N(C(=O)c4ccccc4)c4ccccc4N2C(=O)[C@@H]3Oc2ccccc2)cc1. The molecular weight excluding hydrogens is 460 g/mol. The Bertz CT molecular complexity index is 1450. The molecule has 0 unspecified atom stereocenters. The Kier molecular flexibility index (Phi) is 5.56. The fourth-order valence-electron chi connectivity index (χ4n) is 5.79. The zero-order valence-corrected chi connectivity index (χ0v) is 20.9. The minimum absolute atomic E-state index is 0.0879. The summed E-state index contributed by atoms with van der Waals surface area (Å²) < 4.78 is 6.42. The van der Waals surface area contributed by atoms with Gasteiger partial charge in [0.05, 0.1) is 11.4 Å². The van der Waals surface area contributed by atoms with Crippen molar-refractivity contribution >= 4 is 23.2 Å². The van der Waals surface area contributed by atoms with Gasteiger partial charge in [-0.05, 0) is 55.8 Å². The normalized spacial score (nSPS) is 22.4. The average molecular weight is 489 g/mol. The van der Waals surface area contributed by atoms with Crippen LogP contribution in [0.5, 0.6) is 5.75 Å². The lowest BCUT2D eigenvalue weighted by molar-refractivity contribution is -0.142. The van der Waals surface area contributed by atoms with Crippen molar-refractivity contribution in [3.05, 3.63) is 126 Å². The number of anilines is 2.